The Kier molecular flexibility index (Phi) is 2.77. The molecule has 0 N–H and O–H groups in total. The second-order valence-electron chi connectivity index (χ2n) is 3.85. The van der Waals surface area contributed by atoms with Crippen LogP contribution in [-0.4, -0.2) is 33.6 Å². The largest absolute Gasteiger partial charge is 0.327 e. The van der Waals surface area contributed by atoms with Gasteiger partial charge in [0.1, 0.15) is 0 Å². The number of benzene rings is 1. The highest BCUT2D eigenvalue weighted by Crippen LogP contribution is 2.35. The van der Waals surface area contributed by atoms with Crippen LogP contribution in [0.15, 0.2) is 24.3 Å². The standard InChI is InChI=1S/C11H9ClN2OS2/c12-7-1-3-8(4-2-7)14-9(15)10-13(11(14)16)5-6-17-10/h1-4,10H,5-6H2/t10-/m0/s1. The number of thiocarbonyl (C=S) groups is 1. The van der Waals surface area contributed by atoms with Crippen LogP contribution in [0.4, 0.5) is 5.69 Å². The number of carbonyl (C=O) groups excluding carboxylic acids is 1. The van der Waals surface area contributed by atoms with Gasteiger partial charge in [-0.1, -0.05) is 11.6 Å². The molecule has 0 unspecified atom stereocenters. The highest BCUT2D eigenvalue weighted by Gasteiger charge is 2.46. The van der Waals surface area contributed by atoms with Crippen molar-refractivity contribution in [1.82, 2.24) is 4.90 Å². The number of thioether (sulfide) groups is 1. The molecule has 2 aliphatic heterocycles. The summed E-state index contributed by atoms with van der Waals surface area (Å²) < 4.78 is 0. The minimum Gasteiger partial charge on any atom is -0.327 e. The molecule has 0 aromatic heterocycles. The molecular formula is C11H9ClN2OS2. The molecule has 1 amide bonds. The van der Waals surface area contributed by atoms with E-state index in [1.165, 1.54) is 0 Å². The first kappa shape index (κ1) is 11.3. The van der Waals surface area contributed by atoms with Gasteiger partial charge in [0.2, 0.25) is 0 Å². The third kappa shape index (κ3) is 1.73. The van der Waals surface area contributed by atoms with E-state index in [2.05, 4.69) is 0 Å². The maximum atomic E-state index is 12.2. The molecule has 17 heavy (non-hydrogen) atoms. The second kappa shape index (κ2) is 4.15. The summed E-state index contributed by atoms with van der Waals surface area (Å²) in [7, 11) is 0. The van der Waals surface area contributed by atoms with Gasteiger partial charge in [-0.15, -0.1) is 11.8 Å². The van der Waals surface area contributed by atoms with Crippen molar-refractivity contribution in [3.05, 3.63) is 29.3 Å². The van der Waals surface area contributed by atoms with Crippen LogP contribution in [-0.2, 0) is 4.79 Å². The molecule has 0 spiro atoms. The van der Waals surface area contributed by atoms with Crippen LogP contribution < -0.4 is 4.90 Å². The van der Waals surface area contributed by atoms with Gasteiger partial charge in [-0.25, -0.2) is 0 Å². The Morgan fingerprint density at radius 3 is 2.71 bits per heavy atom. The number of amides is 1. The van der Waals surface area contributed by atoms with Gasteiger partial charge in [-0.3, -0.25) is 9.69 Å². The molecule has 2 saturated heterocycles. The summed E-state index contributed by atoms with van der Waals surface area (Å²) in [4.78, 5) is 15.8. The summed E-state index contributed by atoms with van der Waals surface area (Å²) in [5, 5.41) is 1.13. The quantitative estimate of drug-likeness (QED) is 0.739. The maximum absolute atomic E-state index is 12.2. The molecule has 0 aliphatic carbocycles. The summed E-state index contributed by atoms with van der Waals surface area (Å²) >= 11 is 12.8. The average Bonchev–Trinajstić information content (AvgIpc) is 2.87. The number of nitrogens with zero attached hydrogens (tertiary/aromatic N) is 2. The van der Waals surface area contributed by atoms with Gasteiger partial charge in [0.15, 0.2) is 10.5 Å². The first-order chi connectivity index (χ1) is 8.18. The van der Waals surface area contributed by atoms with E-state index in [1.807, 2.05) is 17.0 Å². The molecule has 3 rings (SSSR count). The Balaban J connectivity index is 1.96. The van der Waals surface area contributed by atoms with Gasteiger partial charge in [-0.2, -0.15) is 0 Å². The second-order valence-corrected chi connectivity index (χ2v) is 5.84. The molecule has 2 fully saturated rings. The summed E-state index contributed by atoms with van der Waals surface area (Å²) in [6.07, 6.45) is 0. The van der Waals surface area contributed by atoms with Crippen LogP contribution in [0.5, 0.6) is 0 Å². The Hall–Kier alpha value is -0.780. The van der Waals surface area contributed by atoms with Crippen LogP contribution >= 0.6 is 35.6 Å². The SMILES string of the molecule is O=C1[C@@H]2SCCN2C(=S)N1c1ccc(Cl)cc1. The Labute approximate surface area is 114 Å². The number of halogens is 1. The summed E-state index contributed by atoms with van der Waals surface area (Å²) in [6, 6.07) is 7.17. The van der Waals surface area contributed by atoms with Crippen LogP contribution in [0.1, 0.15) is 0 Å². The third-order valence-electron chi connectivity index (χ3n) is 2.84. The van der Waals surface area contributed by atoms with E-state index < -0.39 is 0 Å². The molecule has 2 aliphatic rings. The summed E-state index contributed by atoms with van der Waals surface area (Å²) in [5.74, 6) is 1.02. The van der Waals surface area contributed by atoms with Gasteiger partial charge in [0.05, 0.1) is 5.69 Å². The predicted octanol–water partition coefficient (Wildman–Crippen LogP) is 2.35. The molecule has 0 radical (unpaired) electrons. The maximum Gasteiger partial charge on any atom is 0.266 e. The number of hydrogen-bond acceptors (Lipinski definition) is 3. The molecule has 6 heteroatoms. The number of anilines is 1. The molecule has 1 atom stereocenters. The van der Waals surface area contributed by atoms with E-state index in [0.29, 0.717) is 10.1 Å². The van der Waals surface area contributed by atoms with E-state index in [4.69, 9.17) is 23.8 Å². The van der Waals surface area contributed by atoms with E-state index in [9.17, 15) is 4.79 Å². The van der Waals surface area contributed by atoms with Crippen LogP contribution in [0.3, 0.4) is 0 Å². The molecule has 0 bridgehead atoms. The van der Waals surface area contributed by atoms with Gasteiger partial charge >= 0.3 is 0 Å². The van der Waals surface area contributed by atoms with Crippen molar-refractivity contribution in [1.29, 1.82) is 0 Å². The van der Waals surface area contributed by atoms with E-state index >= 15 is 0 Å². The summed E-state index contributed by atoms with van der Waals surface area (Å²) in [6.45, 7) is 0.851. The minimum atomic E-state index is -0.127. The Bertz CT molecular complexity index is 469. The normalized spacial score (nSPS) is 23.5. The third-order valence-corrected chi connectivity index (χ3v) is 4.70. The molecule has 1 aromatic carbocycles. The zero-order chi connectivity index (χ0) is 12.0. The smallest absolute Gasteiger partial charge is 0.266 e. The van der Waals surface area contributed by atoms with Gasteiger partial charge < -0.3 is 4.90 Å². The lowest BCUT2D eigenvalue weighted by atomic mass is 10.3. The Morgan fingerprint density at radius 2 is 2.06 bits per heavy atom. The fourth-order valence-corrected chi connectivity index (χ4v) is 3.77. The Morgan fingerprint density at radius 1 is 1.35 bits per heavy atom. The van der Waals surface area contributed by atoms with Crippen molar-refractivity contribution in [3.8, 4) is 0 Å². The monoisotopic (exact) mass is 284 g/mol. The van der Waals surface area contributed by atoms with Gasteiger partial charge in [-0.05, 0) is 36.5 Å². The fraction of sp³-hybridized carbons (Fsp3) is 0.273. The predicted molar refractivity (Wildman–Crippen MR) is 74.5 cm³/mol. The van der Waals surface area contributed by atoms with Crippen molar-refractivity contribution in [2.24, 2.45) is 0 Å². The van der Waals surface area contributed by atoms with Crippen LogP contribution in [0.25, 0.3) is 0 Å². The van der Waals surface area contributed by atoms with E-state index in [0.717, 1.165) is 18.0 Å². The number of rotatable bonds is 1. The topological polar surface area (TPSA) is 23.6 Å². The van der Waals surface area contributed by atoms with Crippen molar-refractivity contribution < 1.29 is 4.79 Å². The van der Waals surface area contributed by atoms with Crippen molar-refractivity contribution >= 4 is 52.3 Å². The van der Waals surface area contributed by atoms with Gasteiger partial charge in [0, 0.05) is 17.3 Å². The lowest BCUT2D eigenvalue weighted by Gasteiger charge is -2.18. The van der Waals surface area contributed by atoms with Gasteiger partial charge in [0.25, 0.3) is 5.91 Å². The fourth-order valence-electron chi connectivity index (χ4n) is 2.03. The van der Waals surface area contributed by atoms with Crippen LogP contribution in [0, 0.1) is 0 Å². The number of carbonyl (C=O) groups is 1. The lowest BCUT2D eigenvalue weighted by molar-refractivity contribution is -0.117. The highest BCUT2D eigenvalue weighted by molar-refractivity contribution is 8.01. The molecule has 1 aromatic rings. The number of fused-ring (bicyclic) bond motifs is 1. The zero-order valence-electron chi connectivity index (χ0n) is 8.80. The molecule has 3 nitrogen and oxygen atoms in total. The zero-order valence-corrected chi connectivity index (χ0v) is 11.2. The first-order valence-corrected chi connectivity index (χ1v) is 7.04. The minimum absolute atomic E-state index is 0.0554. The van der Waals surface area contributed by atoms with Crippen molar-refractivity contribution in [3.63, 3.8) is 0 Å². The van der Waals surface area contributed by atoms with Crippen molar-refractivity contribution in [2.45, 2.75) is 5.37 Å². The van der Waals surface area contributed by atoms with E-state index in [1.54, 1.807) is 28.8 Å². The number of hydrogen-bond donors (Lipinski definition) is 0. The highest BCUT2D eigenvalue weighted by atomic mass is 35.5. The summed E-state index contributed by atoms with van der Waals surface area (Å²) in [5.41, 5.74) is 0.791. The van der Waals surface area contributed by atoms with Crippen LogP contribution in [0.2, 0.25) is 5.02 Å². The van der Waals surface area contributed by atoms with Crippen molar-refractivity contribution in [2.75, 3.05) is 17.2 Å². The van der Waals surface area contributed by atoms with E-state index in [-0.39, 0.29) is 11.3 Å². The molecule has 88 valence electrons. The molecular weight excluding hydrogens is 276 g/mol. The average molecular weight is 285 g/mol. The molecule has 2 heterocycles. The first-order valence-electron chi connectivity index (χ1n) is 5.20. The lowest BCUT2D eigenvalue weighted by Crippen LogP contribution is -2.33. The molecule has 0 saturated carbocycles.